The van der Waals surface area contributed by atoms with Gasteiger partial charge in [0.25, 0.3) is 0 Å². The molecule has 1 aliphatic carbocycles. The summed E-state index contributed by atoms with van der Waals surface area (Å²) >= 11 is 0. The van der Waals surface area contributed by atoms with E-state index in [0.29, 0.717) is 12.6 Å². The van der Waals surface area contributed by atoms with Gasteiger partial charge in [0.1, 0.15) is 11.5 Å². The minimum absolute atomic E-state index is 0. The van der Waals surface area contributed by atoms with Crippen LogP contribution in [0.2, 0.25) is 0 Å². The number of ether oxygens (including phenoxy) is 2. The molecule has 0 unspecified atom stereocenters. The van der Waals surface area contributed by atoms with E-state index in [0.717, 1.165) is 36.0 Å². The number of nitrogens with one attached hydrogen (secondary N) is 2. The summed E-state index contributed by atoms with van der Waals surface area (Å²) in [5.41, 5.74) is 1.12. The average molecular weight is 461 g/mol. The van der Waals surface area contributed by atoms with E-state index in [1.54, 1.807) is 14.2 Å². The molecular weight excluding hydrogens is 429 g/mol. The third-order valence-corrected chi connectivity index (χ3v) is 4.43. The molecule has 2 rings (SSSR count). The van der Waals surface area contributed by atoms with Crippen molar-refractivity contribution < 1.29 is 9.47 Å². The largest absolute Gasteiger partial charge is 0.497 e. The Morgan fingerprint density at radius 3 is 2.56 bits per heavy atom. The van der Waals surface area contributed by atoms with Crippen LogP contribution in [0.3, 0.4) is 0 Å². The summed E-state index contributed by atoms with van der Waals surface area (Å²) in [6.45, 7) is 3.69. The van der Waals surface area contributed by atoms with Crippen LogP contribution in [-0.2, 0) is 6.42 Å². The summed E-state index contributed by atoms with van der Waals surface area (Å²) in [7, 11) is 3.38. The van der Waals surface area contributed by atoms with Crippen LogP contribution in [0.15, 0.2) is 23.2 Å². The summed E-state index contributed by atoms with van der Waals surface area (Å²) in [5.74, 6) is 2.66. The molecule has 1 aliphatic rings. The molecule has 0 bridgehead atoms. The Kier molecular flexibility index (Phi) is 10.7. The lowest BCUT2D eigenvalue weighted by atomic mass is 9.96. The van der Waals surface area contributed by atoms with Gasteiger partial charge < -0.3 is 20.1 Å². The molecule has 6 heteroatoms. The van der Waals surface area contributed by atoms with Gasteiger partial charge in [-0.2, -0.15) is 0 Å². The van der Waals surface area contributed by atoms with Crippen molar-refractivity contribution in [3.63, 3.8) is 0 Å². The SMILES string of the molecule is CCNC(=NCCc1cc(OC)ccc1OC)NC1CCCCC1.I. The van der Waals surface area contributed by atoms with Crippen molar-refractivity contribution in [2.45, 2.75) is 51.5 Å². The molecule has 5 nitrogen and oxygen atoms in total. The Hall–Kier alpha value is -1.18. The molecule has 142 valence electrons. The summed E-state index contributed by atoms with van der Waals surface area (Å²) in [4.78, 5) is 4.73. The standard InChI is InChI=1S/C19H31N3O2.HI/c1-4-20-19(22-16-8-6-5-7-9-16)21-13-12-15-14-17(23-2)10-11-18(15)24-3;/h10-11,14,16H,4-9,12-13H2,1-3H3,(H2,20,21,22);1H. The summed E-state index contributed by atoms with van der Waals surface area (Å²) in [5, 5.41) is 6.93. The Morgan fingerprint density at radius 2 is 1.92 bits per heavy atom. The molecule has 0 radical (unpaired) electrons. The first-order valence-electron chi connectivity index (χ1n) is 9.02. The molecule has 0 atom stereocenters. The fraction of sp³-hybridized carbons (Fsp3) is 0.632. The lowest BCUT2D eigenvalue weighted by Crippen LogP contribution is -2.44. The molecule has 1 fully saturated rings. The summed E-state index contributed by atoms with van der Waals surface area (Å²) in [6.07, 6.45) is 7.31. The lowest BCUT2D eigenvalue weighted by Gasteiger charge is -2.24. The molecule has 0 saturated heterocycles. The second kappa shape index (κ2) is 12.2. The van der Waals surface area contributed by atoms with Crippen molar-refractivity contribution in [2.75, 3.05) is 27.3 Å². The molecule has 0 heterocycles. The van der Waals surface area contributed by atoms with Gasteiger partial charge in [-0.3, -0.25) is 4.99 Å². The second-order valence-corrected chi connectivity index (χ2v) is 6.17. The highest BCUT2D eigenvalue weighted by atomic mass is 127. The predicted octanol–water partition coefficient (Wildman–Crippen LogP) is 3.75. The van der Waals surface area contributed by atoms with Gasteiger partial charge in [0.15, 0.2) is 5.96 Å². The molecule has 2 N–H and O–H groups in total. The van der Waals surface area contributed by atoms with Crippen LogP contribution in [0.25, 0.3) is 0 Å². The van der Waals surface area contributed by atoms with Gasteiger partial charge in [-0.1, -0.05) is 19.3 Å². The fourth-order valence-corrected chi connectivity index (χ4v) is 3.13. The van der Waals surface area contributed by atoms with E-state index in [2.05, 4.69) is 17.6 Å². The van der Waals surface area contributed by atoms with E-state index >= 15 is 0 Å². The van der Waals surface area contributed by atoms with Gasteiger partial charge >= 0.3 is 0 Å². The van der Waals surface area contributed by atoms with E-state index in [1.807, 2.05) is 18.2 Å². The first-order valence-corrected chi connectivity index (χ1v) is 9.02. The second-order valence-electron chi connectivity index (χ2n) is 6.17. The number of methoxy groups -OCH3 is 2. The van der Waals surface area contributed by atoms with E-state index in [9.17, 15) is 0 Å². The highest BCUT2D eigenvalue weighted by molar-refractivity contribution is 14.0. The zero-order chi connectivity index (χ0) is 17.2. The van der Waals surface area contributed by atoms with Gasteiger partial charge in [-0.25, -0.2) is 0 Å². The van der Waals surface area contributed by atoms with E-state index in [-0.39, 0.29) is 24.0 Å². The molecule has 0 aromatic heterocycles. The van der Waals surface area contributed by atoms with Crippen molar-refractivity contribution in [1.29, 1.82) is 0 Å². The van der Waals surface area contributed by atoms with E-state index < -0.39 is 0 Å². The van der Waals surface area contributed by atoms with Crippen molar-refractivity contribution in [2.24, 2.45) is 4.99 Å². The first kappa shape index (κ1) is 21.9. The Balaban J connectivity index is 0.00000312. The highest BCUT2D eigenvalue weighted by Gasteiger charge is 2.14. The number of hydrogen-bond donors (Lipinski definition) is 2. The van der Waals surface area contributed by atoms with Crippen molar-refractivity contribution in [3.8, 4) is 11.5 Å². The van der Waals surface area contributed by atoms with E-state index in [1.165, 1.54) is 32.1 Å². The van der Waals surface area contributed by atoms with Crippen LogP contribution >= 0.6 is 24.0 Å². The molecule has 1 saturated carbocycles. The van der Waals surface area contributed by atoms with E-state index in [4.69, 9.17) is 14.5 Å². The topological polar surface area (TPSA) is 54.9 Å². The Morgan fingerprint density at radius 1 is 1.16 bits per heavy atom. The number of hydrogen-bond acceptors (Lipinski definition) is 3. The van der Waals surface area contributed by atoms with Crippen LogP contribution in [0.1, 0.15) is 44.6 Å². The van der Waals surface area contributed by atoms with Crippen molar-refractivity contribution >= 4 is 29.9 Å². The third kappa shape index (κ3) is 7.30. The van der Waals surface area contributed by atoms with Crippen LogP contribution in [-0.4, -0.2) is 39.3 Å². The number of halogens is 1. The monoisotopic (exact) mass is 461 g/mol. The minimum atomic E-state index is 0. The smallest absolute Gasteiger partial charge is 0.191 e. The quantitative estimate of drug-likeness (QED) is 0.369. The minimum Gasteiger partial charge on any atom is -0.497 e. The molecule has 1 aromatic rings. The normalized spacial score (nSPS) is 15.2. The maximum absolute atomic E-state index is 5.44. The van der Waals surface area contributed by atoms with Gasteiger partial charge in [0, 0.05) is 19.1 Å². The van der Waals surface area contributed by atoms with Gasteiger partial charge in [-0.05, 0) is 49.9 Å². The maximum Gasteiger partial charge on any atom is 0.191 e. The zero-order valence-electron chi connectivity index (χ0n) is 15.6. The predicted molar refractivity (Wildman–Crippen MR) is 115 cm³/mol. The molecule has 0 spiro atoms. The molecule has 1 aromatic carbocycles. The van der Waals surface area contributed by atoms with Crippen molar-refractivity contribution in [1.82, 2.24) is 10.6 Å². The maximum atomic E-state index is 5.44. The highest BCUT2D eigenvalue weighted by Crippen LogP contribution is 2.24. The zero-order valence-corrected chi connectivity index (χ0v) is 18.0. The van der Waals surface area contributed by atoms with Crippen LogP contribution in [0, 0.1) is 0 Å². The van der Waals surface area contributed by atoms with Crippen LogP contribution in [0.4, 0.5) is 0 Å². The average Bonchev–Trinajstić information content (AvgIpc) is 2.62. The number of rotatable bonds is 7. The Bertz CT molecular complexity index is 531. The number of guanidine groups is 1. The summed E-state index contributed by atoms with van der Waals surface area (Å²) < 4.78 is 10.7. The number of nitrogens with zero attached hydrogens (tertiary/aromatic N) is 1. The number of benzene rings is 1. The molecule has 0 aliphatic heterocycles. The molecule has 25 heavy (non-hydrogen) atoms. The number of aliphatic imine (C=N–C) groups is 1. The fourth-order valence-electron chi connectivity index (χ4n) is 3.13. The van der Waals surface area contributed by atoms with Crippen LogP contribution < -0.4 is 20.1 Å². The molecule has 0 amide bonds. The van der Waals surface area contributed by atoms with Crippen molar-refractivity contribution in [3.05, 3.63) is 23.8 Å². The lowest BCUT2D eigenvalue weighted by molar-refractivity contribution is 0.398. The van der Waals surface area contributed by atoms with Gasteiger partial charge in [0.05, 0.1) is 14.2 Å². The first-order chi connectivity index (χ1) is 11.8. The van der Waals surface area contributed by atoms with Crippen LogP contribution in [0.5, 0.6) is 11.5 Å². The molecular formula is C19H32IN3O2. The summed E-state index contributed by atoms with van der Waals surface area (Å²) in [6, 6.07) is 6.45. The van der Waals surface area contributed by atoms with Gasteiger partial charge in [-0.15, -0.1) is 24.0 Å². The van der Waals surface area contributed by atoms with Gasteiger partial charge in [0.2, 0.25) is 0 Å². The Labute approximate surface area is 169 Å². The third-order valence-electron chi connectivity index (χ3n) is 4.43.